The van der Waals surface area contributed by atoms with Crippen LogP contribution < -0.4 is 4.57 Å². The third-order valence-corrected chi connectivity index (χ3v) is 7.64. The van der Waals surface area contributed by atoms with Crippen LogP contribution in [0.1, 0.15) is 55.6 Å². The summed E-state index contributed by atoms with van der Waals surface area (Å²) in [6, 6.07) is 4.63. The van der Waals surface area contributed by atoms with E-state index in [1.54, 1.807) is 0 Å². The van der Waals surface area contributed by atoms with E-state index in [0.29, 0.717) is 0 Å². The molecule has 0 fully saturated rings. The Bertz CT molecular complexity index is 1300. The fourth-order valence-corrected chi connectivity index (χ4v) is 5.07. The first-order valence-corrected chi connectivity index (χ1v) is 9.82. The Morgan fingerprint density at radius 1 is 0.926 bits per heavy atom. The lowest BCUT2D eigenvalue weighted by atomic mass is 9.60. The van der Waals surface area contributed by atoms with Crippen molar-refractivity contribution in [1.29, 1.82) is 0 Å². The smallest absolute Gasteiger partial charge is 0.255 e. The molecule has 0 saturated carbocycles. The molecule has 0 aliphatic carbocycles. The normalized spacial score (nSPS) is 17.5. The van der Waals surface area contributed by atoms with Crippen LogP contribution in [0.15, 0.2) is 24.5 Å². The number of hydrogen-bond donors (Lipinski definition) is 0. The second-order valence-corrected chi connectivity index (χ2v) is 9.48. The summed E-state index contributed by atoms with van der Waals surface area (Å²) < 4.78 is 4.83. The number of pyridine rings is 2. The summed E-state index contributed by atoms with van der Waals surface area (Å²) in [6.45, 7) is 16.2. The molecular weight excluding hydrogens is 330 g/mol. The summed E-state index contributed by atoms with van der Waals surface area (Å²) in [5.74, 6) is 0. The van der Waals surface area contributed by atoms with Crippen LogP contribution in [0.2, 0.25) is 0 Å². The highest BCUT2D eigenvalue weighted by atomic mass is 15.1. The van der Waals surface area contributed by atoms with Gasteiger partial charge in [0.2, 0.25) is 0 Å². The van der Waals surface area contributed by atoms with E-state index in [2.05, 4.69) is 82.8 Å². The molecule has 5 rings (SSSR count). The summed E-state index contributed by atoms with van der Waals surface area (Å²) >= 11 is 0. The lowest BCUT2D eigenvalue weighted by Gasteiger charge is -2.43. The molecule has 4 aromatic rings. The van der Waals surface area contributed by atoms with E-state index in [9.17, 15) is 0 Å². The molecular formula is C24H28N3+. The van der Waals surface area contributed by atoms with Gasteiger partial charge in [0.25, 0.3) is 5.65 Å². The van der Waals surface area contributed by atoms with Crippen LogP contribution in [0.4, 0.5) is 0 Å². The number of aryl methyl sites for hydroxylation is 4. The molecule has 27 heavy (non-hydrogen) atoms. The van der Waals surface area contributed by atoms with Crippen LogP contribution in [-0.4, -0.2) is 9.38 Å². The van der Waals surface area contributed by atoms with Crippen LogP contribution in [0.5, 0.6) is 0 Å². The molecule has 3 heteroatoms. The van der Waals surface area contributed by atoms with E-state index >= 15 is 0 Å². The molecule has 138 valence electrons. The van der Waals surface area contributed by atoms with Crippen molar-refractivity contribution in [2.45, 2.75) is 59.3 Å². The van der Waals surface area contributed by atoms with Crippen LogP contribution >= 0.6 is 0 Å². The Hall–Kier alpha value is -2.42. The van der Waals surface area contributed by atoms with Gasteiger partial charge in [0, 0.05) is 22.6 Å². The van der Waals surface area contributed by atoms with Gasteiger partial charge in [-0.25, -0.2) is 4.57 Å². The maximum atomic E-state index is 4.95. The van der Waals surface area contributed by atoms with Crippen molar-refractivity contribution in [1.82, 2.24) is 9.38 Å². The van der Waals surface area contributed by atoms with Crippen molar-refractivity contribution < 1.29 is 4.57 Å². The molecule has 3 nitrogen and oxygen atoms in total. The van der Waals surface area contributed by atoms with Gasteiger partial charge in [-0.05, 0) is 37.5 Å². The zero-order valence-corrected chi connectivity index (χ0v) is 17.7. The van der Waals surface area contributed by atoms with Gasteiger partial charge in [0.15, 0.2) is 5.69 Å². The molecule has 0 bridgehead atoms. The van der Waals surface area contributed by atoms with E-state index in [-0.39, 0.29) is 10.8 Å². The minimum absolute atomic E-state index is 0.0190. The molecule has 0 radical (unpaired) electrons. The SMILES string of the molecule is Cc1cnc2c3c(C)ccc4c3n3c(c[n+](C)c3c2c1C)C(C)(C)C4(C)C. The van der Waals surface area contributed by atoms with E-state index in [4.69, 9.17) is 4.98 Å². The highest BCUT2D eigenvalue weighted by Gasteiger charge is 2.50. The quantitative estimate of drug-likeness (QED) is 0.321. The third-order valence-electron chi connectivity index (χ3n) is 7.64. The number of imidazole rings is 1. The maximum absolute atomic E-state index is 4.95. The molecule has 0 spiro atoms. The van der Waals surface area contributed by atoms with Crippen molar-refractivity contribution in [3.05, 3.63) is 52.5 Å². The zero-order valence-electron chi connectivity index (χ0n) is 17.7. The predicted octanol–water partition coefficient (Wildman–Crippen LogP) is 4.96. The lowest BCUT2D eigenvalue weighted by molar-refractivity contribution is -0.643. The van der Waals surface area contributed by atoms with Crippen molar-refractivity contribution in [2.24, 2.45) is 7.05 Å². The molecule has 0 amide bonds. The summed E-state index contributed by atoms with van der Waals surface area (Å²) in [7, 11) is 2.18. The Morgan fingerprint density at radius 3 is 2.33 bits per heavy atom. The first kappa shape index (κ1) is 16.7. The van der Waals surface area contributed by atoms with Gasteiger partial charge in [-0.15, -0.1) is 0 Å². The average molecular weight is 359 g/mol. The Balaban J connectivity index is 2.27. The topological polar surface area (TPSA) is 21.2 Å². The molecule has 4 heterocycles. The highest BCUT2D eigenvalue weighted by Crippen LogP contribution is 2.51. The molecule has 0 unspecified atom stereocenters. The van der Waals surface area contributed by atoms with Crippen LogP contribution in [0.25, 0.3) is 27.5 Å². The van der Waals surface area contributed by atoms with Gasteiger partial charge >= 0.3 is 0 Å². The van der Waals surface area contributed by atoms with E-state index < -0.39 is 0 Å². The van der Waals surface area contributed by atoms with Gasteiger partial charge in [0.1, 0.15) is 11.7 Å². The number of benzene rings is 1. The molecule has 0 N–H and O–H groups in total. The van der Waals surface area contributed by atoms with E-state index in [1.165, 1.54) is 49.9 Å². The number of nitrogens with zero attached hydrogens (tertiary/aromatic N) is 3. The van der Waals surface area contributed by atoms with Crippen LogP contribution in [0, 0.1) is 20.8 Å². The monoisotopic (exact) mass is 358 g/mol. The first-order chi connectivity index (χ1) is 12.6. The molecule has 3 aromatic heterocycles. The Morgan fingerprint density at radius 2 is 1.63 bits per heavy atom. The minimum atomic E-state index is 0.0190. The van der Waals surface area contributed by atoms with Gasteiger partial charge in [-0.2, -0.15) is 4.40 Å². The van der Waals surface area contributed by atoms with Crippen molar-refractivity contribution in [3.63, 3.8) is 0 Å². The number of hydrogen-bond acceptors (Lipinski definition) is 1. The van der Waals surface area contributed by atoms with Crippen molar-refractivity contribution in [2.75, 3.05) is 0 Å². The lowest BCUT2D eigenvalue weighted by Crippen LogP contribution is -2.44. The summed E-state index contributed by atoms with van der Waals surface area (Å²) in [6.07, 6.45) is 4.37. The second-order valence-electron chi connectivity index (χ2n) is 9.48. The van der Waals surface area contributed by atoms with Gasteiger partial charge in [-0.3, -0.25) is 4.98 Å². The molecule has 0 saturated heterocycles. The Kier molecular flexibility index (Phi) is 2.91. The Labute approximate surface area is 160 Å². The fourth-order valence-electron chi connectivity index (χ4n) is 5.07. The largest absolute Gasteiger partial charge is 0.296 e. The van der Waals surface area contributed by atoms with Gasteiger partial charge in [-0.1, -0.05) is 39.8 Å². The molecule has 1 aliphatic heterocycles. The van der Waals surface area contributed by atoms with E-state index in [1.807, 2.05) is 6.20 Å². The highest BCUT2D eigenvalue weighted by molar-refractivity contribution is 6.13. The zero-order chi connectivity index (χ0) is 19.5. The number of rotatable bonds is 0. The van der Waals surface area contributed by atoms with Gasteiger partial charge in [0.05, 0.1) is 23.3 Å². The van der Waals surface area contributed by atoms with E-state index in [0.717, 1.165) is 5.52 Å². The maximum Gasteiger partial charge on any atom is 0.296 e. The summed E-state index contributed by atoms with van der Waals surface area (Å²) in [4.78, 5) is 4.95. The number of aromatic nitrogens is 3. The van der Waals surface area contributed by atoms with Gasteiger partial charge < -0.3 is 0 Å². The number of fused-ring (bicyclic) bond motifs is 3. The molecule has 0 atom stereocenters. The summed E-state index contributed by atoms with van der Waals surface area (Å²) in [5.41, 5.74) is 10.5. The second kappa shape index (κ2) is 4.70. The summed E-state index contributed by atoms with van der Waals surface area (Å²) in [5, 5.41) is 2.59. The minimum Gasteiger partial charge on any atom is -0.255 e. The predicted molar refractivity (Wildman–Crippen MR) is 112 cm³/mol. The average Bonchev–Trinajstić information content (AvgIpc) is 2.95. The standard InChI is InChI=1S/C24H28N3/c1-13-9-10-16-21-18(13)20-19(15(3)14(2)11-25-20)22-26(8)12-17(27(21)22)24(6,7)23(16,4)5/h9-12H,1-8H3/q+1. The third kappa shape index (κ3) is 1.69. The molecule has 1 aromatic carbocycles. The fraction of sp³-hybridized carbons (Fsp3) is 0.417. The van der Waals surface area contributed by atoms with Crippen LogP contribution in [-0.2, 0) is 17.9 Å². The molecule has 1 aliphatic rings. The first-order valence-electron chi connectivity index (χ1n) is 9.82. The van der Waals surface area contributed by atoms with Crippen molar-refractivity contribution in [3.8, 4) is 0 Å². The van der Waals surface area contributed by atoms with Crippen molar-refractivity contribution >= 4 is 27.5 Å². The van der Waals surface area contributed by atoms with Crippen LogP contribution in [0.3, 0.4) is 0 Å².